The molecule has 0 aliphatic rings. The highest BCUT2D eigenvalue weighted by Gasteiger charge is 2.19. The number of aromatic nitrogens is 1. The molecule has 1 heterocycles. The van der Waals surface area contributed by atoms with Gasteiger partial charge in [-0.2, -0.15) is 0 Å². The van der Waals surface area contributed by atoms with E-state index in [4.69, 9.17) is 4.42 Å². The van der Waals surface area contributed by atoms with Gasteiger partial charge in [0.15, 0.2) is 12.0 Å². The van der Waals surface area contributed by atoms with E-state index in [0.717, 1.165) is 16.6 Å². The highest BCUT2D eigenvalue weighted by Crippen LogP contribution is 2.25. The minimum absolute atomic E-state index is 0.0182. The van der Waals surface area contributed by atoms with E-state index in [1.54, 1.807) is 0 Å². The minimum atomic E-state index is -0.289. The molecule has 0 spiro atoms. The van der Waals surface area contributed by atoms with Crippen molar-refractivity contribution in [2.45, 2.75) is 45.6 Å². The number of para-hydroxylation sites is 1. The van der Waals surface area contributed by atoms with Crippen LogP contribution in [0.3, 0.4) is 0 Å². The lowest BCUT2D eigenvalue weighted by Gasteiger charge is -2.19. The van der Waals surface area contributed by atoms with E-state index in [1.165, 1.54) is 12.0 Å². The van der Waals surface area contributed by atoms with E-state index in [1.807, 2.05) is 25.1 Å². The molecule has 1 atom stereocenters. The molecule has 0 saturated carbocycles. The van der Waals surface area contributed by atoms with Crippen LogP contribution in [0.25, 0.3) is 11.1 Å². The zero-order valence-electron chi connectivity index (χ0n) is 15.2. The maximum atomic E-state index is 12.5. The minimum Gasteiger partial charge on any atom is -0.443 e. The zero-order valence-corrected chi connectivity index (χ0v) is 15.2. The smallest absolute Gasteiger partial charge is 0.227 e. The van der Waals surface area contributed by atoms with Crippen molar-refractivity contribution < 1.29 is 9.21 Å². The van der Waals surface area contributed by atoms with Crippen molar-refractivity contribution in [1.29, 1.82) is 0 Å². The van der Waals surface area contributed by atoms with Crippen LogP contribution in [0.1, 0.15) is 50.3 Å². The van der Waals surface area contributed by atoms with E-state index in [2.05, 4.69) is 55.3 Å². The Morgan fingerprint density at radius 2 is 1.88 bits per heavy atom. The normalized spacial score (nSPS) is 13.0. The first-order valence-electron chi connectivity index (χ1n) is 8.55. The second-order valence-corrected chi connectivity index (χ2v) is 7.43. The Morgan fingerprint density at radius 1 is 1.16 bits per heavy atom. The summed E-state index contributed by atoms with van der Waals surface area (Å²) >= 11 is 0. The Labute approximate surface area is 148 Å². The number of fused-ring (bicyclic) bond motifs is 1. The SMILES string of the molecule is CC(C(=O)NCc1ccc(C(C)(C)C)cc1)c1cccc2ocnc12. The van der Waals surface area contributed by atoms with Gasteiger partial charge in [0.25, 0.3) is 0 Å². The quantitative estimate of drug-likeness (QED) is 0.760. The van der Waals surface area contributed by atoms with Crippen molar-refractivity contribution in [1.82, 2.24) is 10.3 Å². The summed E-state index contributed by atoms with van der Waals surface area (Å²) < 4.78 is 5.31. The largest absolute Gasteiger partial charge is 0.443 e. The van der Waals surface area contributed by atoms with E-state index in [0.29, 0.717) is 12.1 Å². The van der Waals surface area contributed by atoms with Gasteiger partial charge in [0.05, 0.1) is 5.92 Å². The third kappa shape index (κ3) is 3.73. The van der Waals surface area contributed by atoms with Crippen molar-refractivity contribution in [3.63, 3.8) is 0 Å². The molecule has 3 rings (SSSR count). The monoisotopic (exact) mass is 336 g/mol. The number of amides is 1. The molecule has 25 heavy (non-hydrogen) atoms. The lowest BCUT2D eigenvalue weighted by molar-refractivity contribution is -0.122. The molecule has 0 radical (unpaired) electrons. The van der Waals surface area contributed by atoms with Crippen LogP contribution < -0.4 is 5.32 Å². The average molecular weight is 336 g/mol. The lowest BCUT2D eigenvalue weighted by atomic mass is 9.87. The number of hydrogen-bond acceptors (Lipinski definition) is 3. The van der Waals surface area contributed by atoms with Crippen LogP contribution in [-0.2, 0) is 16.8 Å². The standard InChI is InChI=1S/C21H24N2O2/c1-14(17-6-5-7-18-19(17)23-13-25-18)20(24)22-12-15-8-10-16(11-9-15)21(2,3)4/h5-11,13-14H,12H2,1-4H3,(H,22,24). The highest BCUT2D eigenvalue weighted by molar-refractivity contribution is 5.88. The number of rotatable bonds is 4. The Balaban J connectivity index is 1.67. The number of hydrogen-bond donors (Lipinski definition) is 1. The Hall–Kier alpha value is -2.62. The first kappa shape index (κ1) is 17.2. The third-order valence-corrected chi connectivity index (χ3v) is 4.54. The van der Waals surface area contributed by atoms with Gasteiger partial charge in [-0.15, -0.1) is 0 Å². The molecule has 2 aromatic carbocycles. The molecule has 3 aromatic rings. The summed E-state index contributed by atoms with van der Waals surface area (Å²) in [5.41, 5.74) is 4.84. The molecule has 1 amide bonds. The number of benzene rings is 2. The van der Waals surface area contributed by atoms with Crippen LogP contribution in [0, 0.1) is 0 Å². The molecule has 0 fully saturated rings. The number of oxazole rings is 1. The Bertz CT molecular complexity index is 873. The second-order valence-electron chi connectivity index (χ2n) is 7.43. The van der Waals surface area contributed by atoms with E-state index in [-0.39, 0.29) is 17.2 Å². The summed E-state index contributed by atoms with van der Waals surface area (Å²) in [4.78, 5) is 16.8. The molecule has 4 heteroatoms. The molecule has 0 bridgehead atoms. The predicted molar refractivity (Wildman–Crippen MR) is 99.4 cm³/mol. The Kier molecular flexibility index (Phi) is 4.62. The summed E-state index contributed by atoms with van der Waals surface area (Å²) in [5, 5.41) is 3.01. The van der Waals surface area contributed by atoms with Crippen molar-refractivity contribution in [2.75, 3.05) is 0 Å². The van der Waals surface area contributed by atoms with E-state index < -0.39 is 0 Å². The summed E-state index contributed by atoms with van der Waals surface area (Å²) in [5.74, 6) is -0.307. The summed E-state index contributed by atoms with van der Waals surface area (Å²) in [6, 6.07) is 14.1. The van der Waals surface area contributed by atoms with Gasteiger partial charge in [-0.1, -0.05) is 57.2 Å². The van der Waals surface area contributed by atoms with Crippen molar-refractivity contribution in [2.24, 2.45) is 0 Å². The molecule has 4 nitrogen and oxygen atoms in total. The van der Waals surface area contributed by atoms with Crippen LogP contribution in [0.5, 0.6) is 0 Å². The highest BCUT2D eigenvalue weighted by atomic mass is 16.3. The summed E-state index contributed by atoms with van der Waals surface area (Å²) in [7, 11) is 0. The summed E-state index contributed by atoms with van der Waals surface area (Å²) in [6.45, 7) is 8.98. The van der Waals surface area contributed by atoms with Gasteiger partial charge in [-0.3, -0.25) is 4.79 Å². The van der Waals surface area contributed by atoms with Crippen molar-refractivity contribution in [3.8, 4) is 0 Å². The van der Waals surface area contributed by atoms with Crippen molar-refractivity contribution >= 4 is 17.0 Å². The number of nitrogens with one attached hydrogen (secondary N) is 1. The molecular formula is C21H24N2O2. The predicted octanol–water partition coefficient (Wildman–Crippen LogP) is 4.55. The number of carbonyl (C=O) groups excluding carboxylic acids is 1. The van der Waals surface area contributed by atoms with Crippen molar-refractivity contribution in [3.05, 3.63) is 65.5 Å². The molecule has 130 valence electrons. The fourth-order valence-electron chi connectivity index (χ4n) is 2.86. The maximum Gasteiger partial charge on any atom is 0.227 e. The zero-order chi connectivity index (χ0) is 18.0. The number of carbonyl (C=O) groups is 1. The molecule has 1 N–H and O–H groups in total. The van der Waals surface area contributed by atoms with Gasteiger partial charge in [0.2, 0.25) is 5.91 Å². The molecule has 0 saturated heterocycles. The number of nitrogens with zero attached hydrogens (tertiary/aromatic N) is 1. The van der Waals surface area contributed by atoms with Crippen LogP contribution in [0.4, 0.5) is 0 Å². The van der Waals surface area contributed by atoms with E-state index >= 15 is 0 Å². The lowest BCUT2D eigenvalue weighted by Crippen LogP contribution is -2.27. The van der Waals surface area contributed by atoms with Crippen LogP contribution in [0.2, 0.25) is 0 Å². The first-order valence-corrected chi connectivity index (χ1v) is 8.55. The van der Waals surface area contributed by atoms with Crippen LogP contribution >= 0.6 is 0 Å². The third-order valence-electron chi connectivity index (χ3n) is 4.54. The molecule has 0 aliphatic carbocycles. The van der Waals surface area contributed by atoms with Gasteiger partial charge in [0.1, 0.15) is 5.52 Å². The second kappa shape index (κ2) is 6.71. The first-order chi connectivity index (χ1) is 11.9. The van der Waals surface area contributed by atoms with Gasteiger partial charge in [0, 0.05) is 6.54 Å². The average Bonchev–Trinajstić information content (AvgIpc) is 3.07. The van der Waals surface area contributed by atoms with Crippen LogP contribution in [0.15, 0.2) is 53.3 Å². The summed E-state index contributed by atoms with van der Waals surface area (Å²) in [6.07, 6.45) is 1.41. The molecule has 0 aliphatic heterocycles. The van der Waals surface area contributed by atoms with E-state index in [9.17, 15) is 4.79 Å². The van der Waals surface area contributed by atoms with Crippen LogP contribution in [-0.4, -0.2) is 10.9 Å². The van der Waals surface area contributed by atoms with Gasteiger partial charge < -0.3 is 9.73 Å². The topological polar surface area (TPSA) is 55.1 Å². The van der Waals surface area contributed by atoms with Gasteiger partial charge in [-0.25, -0.2) is 4.98 Å². The fraction of sp³-hybridized carbons (Fsp3) is 0.333. The molecule has 1 unspecified atom stereocenters. The van der Waals surface area contributed by atoms with Gasteiger partial charge in [-0.05, 0) is 35.1 Å². The maximum absolute atomic E-state index is 12.5. The fourth-order valence-corrected chi connectivity index (χ4v) is 2.86. The molecule has 1 aromatic heterocycles. The Morgan fingerprint density at radius 3 is 2.56 bits per heavy atom. The molecular weight excluding hydrogens is 312 g/mol. The van der Waals surface area contributed by atoms with Gasteiger partial charge >= 0.3 is 0 Å².